The molecule has 0 radical (unpaired) electrons. The van der Waals surface area contributed by atoms with E-state index in [1.54, 1.807) is 42.2 Å². The first-order valence-electron chi connectivity index (χ1n) is 17.1. The minimum atomic E-state index is -1.04. The first-order chi connectivity index (χ1) is 26.0. The van der Waals surface area contributed by atoms with Crippen molar-refractivity contribution >= 4 is 92.6 Å². The van der Waals surface area contributed by atoms with Crippen molar-refractivity contribution in [1.82, 2.24) is 30.1 Å². The van der Waals surface area contributed by atoms with E-state index in [9.17, 15) is 28.8 Å². The number of hydrogen-bond donors (Lipinski definition) is 3. The maximum atomic E-state index is 13.4. The monoisotopic (exact) mass is 787 g/mol. The van der Waals surface area contributed by atoms with Crippen LogP contribution in [0.5, 0.6) is 0 Å². The van der Waals surface area contributed by atoms with Gasteiger partial charge < -0.3 is 20.4 Å². The Bertz CT molecular complexity index is 2190. The zero-order valence-corrected chi connectivity index (χ0v) is 31.6. The van der Waals surface area contributed by atoms with Crippen LogP contribution >= 0.6 is 34.7 Å². The molecule has 2 aromatic carbocycles. The van der Waals surface area contributed by atoms with E-state index < -0.39 is 29.7 Å². The first kappa shape index (κ1) is 36.9. The highest BCUT2D eigenvalue weighted by Gasteiger charge is 2.45. The van der Waals surface area contributed by atoms with Gasteiger partial charge in [-0.3, -0.25) is 39.0 Å². The van der Waals surface area contributed by atoms with Gasteiger partial charge in [0.15, 0.2) is 5.13 Å². The molecule has 278 valence electrons. The number of carbonyl (C=O) groups is 6. The van der Waals surface area contributed by atoms with Crippen LogP contribution in [-0.4, -0.2) is 98.2 Å². The number of carbonyl (C=O) groups excluding carboxylic acids is 6. The van der Waals surface area contributed by atoms with Crippen LogP contribution in [0.4, 0.5) is 22.5 Å². The summed E-state index contributed by atoms with van der Waals surface area (Å²) in [6.45, 7) is 5.73. The van der Waals surface area contributed by atoms with Crippen LogP contribution in [-0.2, 0) is 14.4 Å². The summed E-state index contributed by atoms with van der Waals surface area (Å²) in [4.78, 5) is 96.0. The number of aryl methyl sites for hydroxylation is 2. The Morgan fingerprint density at radius 1 is 1.02 bits per heavy atom. The molecule has 3 N–H and O–H groups in total. The third kappa shape index (κ3) is 7.65. The molecule has 1 atom stereocenters. The van der Waals surface area contributed by atoms with Crippen molar-refractivity contribution in [3.05, 3.63) is 81.1 Å². The summed E-state index contributed by atoms with van der Waals surface area (Å²) < 4.78 is 0. The zero-order chi connectivity index (χ0) is 38.1. The molecular weight excluding hydrogens is 754 g/mol. The van der Waals surface area contributed by atoms with E-state index in [2.05, 4.69) is 35.8 Å². The standard InChI is InChI=1S/C36H34ClN9O6S2/c1-19-5-3-7-22(37)31(19)43-33(50)25-18-38-36(54-25)41-26-17-27(40-20(2)39-26)44-12-14-45(15-13-44)29(48)11-16-53-24-8-4-6-21-30(24)35(52)46(34(21)51)23-9-10-28(47)42-32(23)49/h3-8,17-18,23H,9-16H2,1-2H3,(H,43,50)(H,42,47,49)(H,38,39,40,41). The largest absolute Gasteiger partial charge is 0.353 e. The number of thiazole rings is 1. The van der Waals surface area contributed by atoms with Crippen LogP contribution in [0.1, 0.15) is 61.0 Å². The van der Waals surface area contributed by atoms with Crippen LogP contribution in [0.3, 0.4) is 0 Å². The third-order valence-corrected chi connectivity index (χ3v) is 11.5. The lowest BCUT2D eigenvalue weighted by atomic mass is 10.0. The second-order valence-corrected chi connectivity index (χ2v) is 15.4. The fraction of sp³-hybridized carbons (Fsp3) is 0.306. The van der Waals surface area contributed by atoms with E-state index in [-0.39, 0.29) is 42.2 Å². The molecule has 7 rings (SSSR count). The molecule has 54 heavy (non-hydrogen) atoms. The highest BCUT2D eigenvalue weighted by atomic mass is 35.5. The molecule has 5 heterocycles. The van der Waals surface area contributed by atoms with Crippen molar-refractivity contribution in [2.24, 2.45) is 0 Å². The number of rotatable bonds is 10. The Morgan fingerprint density at radius 3 is 2.56 bits per heavy atom. The highest BCUT2D eigenvalue weighted by molar-refractivity contribution is 7.99. The van der Waals surface area contributed by atoms with E-state index in [0.717, 1.165) is 10.5 Å². The van der Waals surface area contributed by atoms with Crippen molar-refractivity contribution in [3.8, 4) is 0 Å². The Balaban J connectivity index is 0.913. The highest BCUT2D eigenvalue weighted by Crippen LogP contribution is 2.35. The van der Waals surface area contributed by atoms with Crippen molar-refractivity contribution < 1.29 is 28.8 Å². The summed E-state index contributed by atoms with van der Waals surface area (Å²) in [5, 5.41) is 9.17. The molecule has 6 amide bonds. The summed E-state index contributed by atoms with van der Waals surface area (Å²) >= 11 is 8.76. The molecule has 0 spiro atoms. The SMILES string of the molecule is Cc1nc(Nc2ncc(C(=O)Nc3c(C)cccc3Cl)s2)cc(N2CCN(C(=O)CCSc3cccc4c3C(=O)N(C3CCC(=O)NC3=O)C4=O)CC2)n1. The number of anilines is 4. The van der Waals surface area contributed by atoms with Gasteiger partial charge in [-0.25, -0.2) is 15.0 Å². The van der Waals surface area contributed by atoms with Gasteiger partial charge in [0, 0.05) is 55.7 Å². The maximum Gasteiger partial charge on any atom is 0.267 e. The van der Waals surface area contributed by atoms with Gasteiger partial charge in [0.05, 0.1) is 28.0 Å². The molecule has 0 saturated carbocycles. The molecule has 3 aliphatic rings. The molecule has 0 aliphatic carbocycles. The molecule has 3 aliphatic heterocycles. The topological polar surface area (TPSA) is 187 Å². The number of thioether (sulfide) groups is 1. The number of halogens is 1. The molecule has 2 fully saturated rings. The predicted molar refractivity (Wildman–Crippen MR) is 204 cm³/mol. The maximum absolute atomic E-state index is 13.4. The zero-order valence-electron chi connectivity index (χ0n) is 29.2. The molecule has 15 nitrogen and oxygen atoms in total. The Kier molecular flexibility index (Phi) is 10.6. The normalized spacial score (nSPS) is 17.1. The van der Waals surface area contributed by atoms with Crippen LogP contribution in [0.25, 0.3) is 0 Å². The summed E-state index contributed by atoms with van der Waals surface area (Å²) in [6.07, 6.45) is 1.83. The van der Waals surface area contributed by atoms with Crippen molar-refractivity contribution in [1.29, 1.82) is 0 Å². The third-order valence-electron chi connectivity index (χ3n) is 9.21. The fourth-order valence-corrected chi connectivity index (χ4v) is 8.49. The Labute approximate surface area is 322 Å². The van der Waals surface area contributed by atoms with Gasteiger partial charge in [0.1, 0.15) is 28.4 Å². The summed E-state index contributed by atoms with van der Waals surface area (Å²) in [7, 11) is 0. The smallest absolute Gasteiger partial charge is 0.267 e. The number of nitrogens with one attached hydrogen (secondary N) is 3. The minimum absolute atomic E-state index is 0.0307. The summed E-state index contributed by atoms with van der Waals surface area (Å²) in [5.41, 5.74) is 1.83. The van der Waals surface area contributed by atoms with Crippen molar-refractivity contribution in [2.45, 2.75) is 44.0 Å². The number of nitrogens with zero attached hydrogens (tertiary/aromatic N) is 6. The number of hydrogen-bond acceptors (Lipinski definition) is 13. The van der Waals surface area contributed by atoms with E-state index in [1.165, 1.54) is 29.3 Å². The molecule has 2 saturated heterocycles. The molecule has 18 heteroatoms. The predicted octanol–water partition coefficient (Wildman–Crippen LogP) is 4.43. The molecule has 2 aromatic heterocycles. The van der Waals surface area contributed by atoms with E-state index in [4.69, 9.17) is 11.6 Å². The van der Waals surface area contributed by atoms with Gasteiger partial charge in [-0.15, -0.1) is 11.8 Å². The average Bonchev–Trinajstić information content (AvgIpc) is 3.71. The van der Waals surface area contributed by atoms with Crippen molar-refractivity contribution in [2.75, 3.05) is 47.5 Å². The van der Waals surface area contributed by atoms with Crippen LogP contribution in [0.15, 0.2) is 53.6 Å². The number of piperazine rings is 1. The van der Waals surface area contributed by atoms with Gasteiger partial charge in [-0.2, -0.15) is 0 Å². The van der Waals surface area contributed by atoms with Crippen molar-refractivity contribution in [3.63, 3.8) is 0 Å². The fourth-order valence-electron chi connectivity index (χ4n) is 6.49. The van der Waals surface area contributed by atoms with Crippen LogP contribution in [0, 0.1) is 13.8 Å². The van der Waals surface area contributed by atoms with Gasteiger partial charge >= 0.3 is 0 Å². The molecule has 0 bridgehead atoms. The molecular formula is C36H34ClN9O6S2. The van der Waals surface area contributed by atoms with Gasteiger partial charge in [-0.05, 0) is 44.0 Å². The lowest BCUT2D eigenvalue weighted by Crippen LogP contribution is -2.54. The molecule has 1 unspecified atom stereocenters. The number of para-hydroxylation sites is 1. The van der Waals surface area contributed by atoms with Crippen LogP contribution < -0.4 is 20.9 Å². The second-order valence-electron chi connectivity index (χ2n) is 12.8. The average molecular weight is 788 g/mol. The lowest BCUT2D eigenvalue weighted by Gasteiger charge is -2.35. The lowest BCUT2D eigenvalue weighted by molar-refractivity contribution is -0.136. The number of piperidine rings is 1. The first-order valence-corrected chi connectivity index (χ1v) is 19.3. The quantitative estimate of drug-likeness (QED) is 0.152. The Hall–Kier alpha value is -5.39. The Morgan fingerprint density at radius 2 is 1.80 bits per heavy atom. The number of aromatic nitrogens is 3. The van der Waals surface area contributed by atoms with Gasteiger partial charge in [-0.1, -0.05) is 41.1 Å². The number of imide groups is 2. The summed E-state index contributed by atoms with van der Waals surface area (Å²) in [6, 6.07) is 11.1. The van der Waals surface area contributed by atoms with Crippen LogP contribution in [0.2, 0.25) is 5.02 Å². The number of benzene rings is 2. The molecule has 4 aromatic rings. The summed E-state index contributed by atoms with van der Waals surface area (Å²) in [5.74, 6) is -0.445. The minimum Gasteiger partial charge on any atom is -0.353 e. The van der Waals surface area contributed by atoms with Gasteiger partial charge in [0.25, 0.3) is 17.7 Å². The van der Waals surface area contributed by atoms with E-state index >= 15 is 0 Å². The number of amides is 6. The second kappa shape index (κ2) is 15.5. The van der Waals surface area contributed by atoms with Gasteiger partial charge in [0.2, 0.25) is 17.7 Å². The van der Waals surface area contributed by atoms with E-state index in [1.807, 2.05) is 19.1 Å². The number of fused-ring (bicyclic) bond motifs is 1. The van der Waals surface area contributed by atoms with E-state index in [0.29, 0.717) is 75.0 Å².